The molecule has 1 aliphatic rings. The number of benzene rings is 3. The van der Waals surface area contributed by atoms with E-state index in [-0.39, 0.29) is 33.6 Å². The zero-order valence-electron chi connectivity index (χ0n) is 15.6. The third kappa shape index (κ3) is 3.48. The Morgan fingerprint density at radius 2 is 1.55 bits per heavy atom. The maximum atomic E-state index is 13.2. The molecule has 31 heavy (non-hydrogen) atoms. The van der Waals surface area contributed by atoms with Crippen molar-refractivity contribution < 1.29 is 33.8 Å². The monoisotopic (exact) mass is 420 g/mol. The normalized spacial score (nSPS) is 12.6. The van der Waals surface area contributed by atoms with E-state index in [1.807, 2.05) is 0 Å². The highest BCUT2D eigenvalue weighted by Gasteiger charge is 2.37. The molecule has 9 heteroatoms. The summed E-state index contributed by atoms with van der Waals surface area (Å²) in [6.07, 6.45) is 0. The molecule has 0 unspecified atom stereocenters. The molecule has 0 radical (unpaired) electrons. The first-order valence-corrected chi connectivity index (χ1v) is 8.92. The molecule has 3 N–H and O–H groups in total. The molecule has 3 aromatic rings. The lowest BCUT2D eigenvalue weighted by Gasteiger charge is -2.13. The van der Waals surface area contributed by atoms with Gasteiger partial charge in [-0.15, -0.1) is 0 Å². The summed E-state index contributed by atoms with van der Waals surface area (Å²) in [6, 6.07) is 12.3. The number of aromatic hydroxyl groups is 1. The lowest BCUT2D eigenvalue weighted by atomic mass is 10.1. The fourth-order valence-electron chi connectivity index (χ4n) is 3.20. The quantitative estimate of drug-likeness (QED) is 0.440. The minimum Gasteiger partial charge on any atom is -0.507 e. The molecule has 3 amide bonds. The van der Waals surface area contributed by atoms with Crippen LogP contribution in [0.1, 0.15) is 41.4 Å². The van der Waals surface area contributed by atoms with E-state index in [9.17, 15) is 28.7 Å². The molecule has 0 saturated heterocycles. The first-order valence-electron chi connectivity index (χ1n) is 8.92. The second-order valence-corrected chi connectivity index (χ2v) is 6.67. The predicted molar refractivity (Wildman–Crippen MR) is 107 cm³/mol. The number of anilines is 2. The molecule has 3 aromatic carbocycles. The van der Waals surface area contributed by atoms with Crippen molar-refractivity contribution in [2.24, 2.45) is 0 Å². The van der Waals surface area contributed by atoms with Gasteiger partial charge in [0.25, 0.3) is 17.7 Å². The van der Waals surface area contributed by atoms with E-state index in [1.54, 1.807) is 0 Å². The highest BCUT2D eigenvalue weighted by Crippen LogP contribution is 2.29. The number of phenols is 1. The maximum Gasteiger partial charge on any atom is 0.339 e. The average molecular weight is 420 g/mol. The first kappa shape index (κ1) is 19.8. The van der Waals surface area contributed by atoms with Crippen LogP contribution in [0.15, 0.2) is 60.7 Å². The largest absolute Gasteiger partial charge is 0.507 e. The molecule has 1 aliphatic heterocycles. The maximum absolute atomic E-state index is 13.2. The van der Waals surface area contributed by atoms with Crippen molar-refractivity contribution >= 4 is 35.1 Å². The van der Waals surface area contributed by atoms with Crippen LogP contribution in [-0.2, 0) is 0 Å². The Hall–Kier alpha value is -4.53. The second kappa shape index (κ2) is 7.38. The number of carbonyl (C=O) groups is 4. The third-order valence-corrected chi connectivity index (χ3v) is 4.72. The van der Waals surface area contributed by atoms with E-state index in [2.05, 4.69) is 5.32 Å². The number of rotatable bonds is 4. The minimum atomic E-state index is -1.36. The van der Waals surface area contributed by atoms with Crippen LogP contribution in [0.2, 0.25) is 0 Å². The number of hydrogen-bond acceptors (Lipinski definition) is 5. The molecular weight excluding hydrogens is 407 g/mol. The molecule has 154 valence electrons. The summed E-state index contributed by atoms with van der Waals surface area (Å²) in [7, 11) is 0. The van der Waals surface area contributed by atoms with Gasteiger partial charge in [0.05, 0.1) is 16.8 Å². The molecule has 1 heterocycles. The van der Waals surface area contributed by atoms with Crippen molar-refractivity contribution in [3.63, 3.8) is 0 Å². The topological polar surface area (TPSA) is 124 Å². The number of imide groups is 1. The Kier molecular flexibility index (Phi) is 4.70. The molecule has 8 nitrogen and oxygen atoms in total. The molecule has 4 rings (SSSR count). The number of nitrogens with zero attached hydrogens (tertiary/aromatic N) is 1. The van der Waals surface area contributed by atoms with Gasteiger partial charge in [-0.3, -0.25) is 14.4 Å². The highest BCUT2D eigenvalue weighted by atomic mass is 19.1. The fraction of sp³-hybridized carbons (Fsp3) is 0. The van der Waals surface area contributed by atoms with Gasteiger partial charge >= 0.3 is 5.97 Å². The molecule has 0 bridgehead atoms. The Bertz CT molecular complexity index is 1270. The third-order valence-electron chi connectivity index (χ3n) is 4.72. The van der Waals surface area contributed by atoms with E-state index in [0.717, 1.165) is 29.2 Å². The van der Waals surface area contributed by atoms with Crippen LogP contribution < -0.4 is 10.2 Å². The van der Waals surface area contributed by atoms with Gasteiger partial charge < -0.3 is 15.5 Å². The number of aromatic carboxylic acids is 1. The average Bonchev–Trinajstić information content (AvgIpc) is 2.99. The van der Waals surface area contributed by atoms with Crippen molar-refractivity contribution in [1.82, 2.24) is 0 Å². The number of carboxylic acid groups (broad SMARTS) is 1. The zero-order chi connectivity index (χ0) is 22.3. The zero-order valence-corrected chi connectivity index (χ0v) is 15.6. The number of hydrogen-bond donors (Lipinski definition) is 3. The van der Waals surface area contributed by atoms with Gasteiger partial charge in [0.2, 0.25) is 0 Å². The summed E-state index contributed by atoms with van der Waals surface area (Å²) in [5.74, 6) is -4.23. The molecule has 0 spiro atoms. The van der Waals surface area contributed by atoms with Crippen molar-refractivity contribution in [3.05, 3.63) is 88.7 Å². The van der Waals surface area contributed by atoms with Gasteiger partial charge in [0, 0.05) is 11.3 Å². The number of carbonyl (C=O) groups excluding carboxylic acids is 3. The molecule has 0 saturated carbocycles. The number of fused-ring (bicyclic) bond motifs is 1. The standard InChI is InChI=1S/C22H13FN2O6/c23-12-2-5-14(6-3-12)25-20(28)15-7-1-11(9-16(15)21(25)29)19(27)24-13-4-8-18(26)17(10-13)22(30)31/h1-10,26H,(H,24,27)(H,30,31). The molecule has 0 aromatic heterocycles. The Labute approximate surface area is 174 Å². The Morgan fingerprint density at radius 1 is 0.871 bits per heavy atom. The van der Waals surface area contributed by atoms with E-state index >= 15 is 0 Å². The van der Waals surface area contributed by atoms with Crippen LogP contribution in [0.25, 0.3) is 0 Å². The molecule has 0 aliphatic carbocycles. The first-order chi connectivity index (χ1) is 14.8. The lowest BCUT2D eigenvalue weighted by Crippen LogP contribution is -2.29. The van der Waals surface area contributed by atoms with E-state index in [1.165, 1.54) is 36.4 Å². The van der Waals surface area contributed by atoms with E-state index in [4.69, 9.17) is 5.11 Å². The number of halogens is 1. The molecule has 0 atom stereocenters. The fourth-order valence-corrected chi connectivity index (χ4v) is 3.20. The number of nitrogens with one attached hydrogen (secondary N) is 1. The van der Waals surface area contributed by atoms with Crippen molar-refractivity contribution in [2.45, 2.75) is 0 Å². The van der Waals surface area contributed by atoms with Crippen LogP contribution in [0.5, 0.6) is 5.75 Å². The summed E-state index contributed by atoms with van der Waals surface area (Å²) in [5, 5.41) is 21.1. The van der Waals surface area contributed by atoms with Crippen LogP contribution in [-0.4, -0.2) is 33.9 Å². The van der Waals surface area contributed by atoms with Crippen LogP contribution in [0.3, 0.4) is 0 Å². The molecular formula is C22H13FN2O6. The van der Waals surface area contributed by atoms with Crippen LogP contribution in [0.4, 0.5) is 15.8 Å². The Balaban J connectivity index is 1.61. The van der Waals surface area contributed by atoms with Gasteiger partial charge in [-0.25, -0.2) is 14.1 Å². The lowest BCUT2D eigenvalue weighted by molar-refractivity contribution is 0.0692. The number of carboxylic acids is 1. The second-order valence-electron chi connectivity index (χ2n) is 6.67. The number of amides is 3. The van der Waals surface area contributed by atoms with E-state index in [0.29, 0.717) is 0 Å². The summed E-state index contributed by atoms with van der Waals surface area (Å²) in [5.41, 5.74) is 0.107. The van der Waals surface area contributed by atoms with E-state index < -0.39 is 35.3 Å². The van der Waals surface area contributed by atoms with Gasteiger partial charge in [-0.05, 0) is 60.7 Å². The van der Waals surface area contributed by atoms with Crippen molar-refractivity contribution in [2.75, 3.05) is 10.2 Å². The summed E-state index contributed by atoms with van der Waals surface area (Å²) in [4.78, 5) is 50.0. The van der Waals surface area contributed by atoms with Crippen molar-refractivity contribution in [3.8, 4) is 5.75 Å². The smallest absolute Gasteiger partial charge is 0.339 e. The van der Waals surface area contributed by atoms with Gasteiger partial charge in [0.15, 0.2) is 0 Å². The Morgan fingerprint density at radius 3 is 2.23 bits per heavy atom. The molecule has 0 fully saturated rings. The predicted octanol–water partition coefficient (Wildman–Crippen LogP) is 3.28. The summed E-state index contributed by atoms with van der Waals surface area (Å²) >= 11 is 0. The van der Waals surface area contributed by atoms with Gasteiger partial charge in [0.1, 0.15) is 17.1 Å². The SMILES string of the molecule is O=C(Nc1ccc(O)c(C(=O)O)c1)c1ccc2c(c1)C(=O)N(c1ccc(F)cc1)C2=O. The highest BCUT2D eigenvalue weighted by molar-refractivity contribution is 6.34. The minimum absolute atomic E-state index is 0.0129. The van der Waals surface area contributed by atoms with Crippen LogP contribution >= 0.6 is 0 Å². The summed E-state index contributed by atoms with van der Waals surface area (Å²) in [6.45, 7) is 0. The van der Waals surface area contributed by atoms with Crippen LogP contribution in [0, 0.1) is 5.82 Å². The summed E-state index contributed by atoms with van der Waals surface area (Å²) < 4.78 is 13.2. The van der Waals surface area contributed by atoms with Crippen molar-refractivity contribution in [1.29, 1.82) is 0 Å². The van der Waals surface area contributed by atoms with Gasteiger partial charge in [-0.1, -0.05) is 0 Å². The van der Waals surface area contributed by atoms with Gasteiger partial charge in [-0.2, -0.15) is 0 Å².